The molecule has 23 heavy (non-hydrogen) atoms. The Hall–Kier alpha value is -1.06. The molecule has 2 aromatic carbocycles. The van der Waals surface area contributed by atoms with E-state index < -0.39 is 0 Å². The first kappa shape index (κ1) is 16.8. The summed E-state index contributed by atoms with van der Waals surface area (Å²) in [4.78, 5) is 0. The van der Waals surface area contributed by atoms with Crippen LogP contribution < -0.4 is 4.74 Å². The Morgan fingerprint density at radius 3 is 2.43 bits per heavy atom. The molecule has 120 valence electrons. The van der Waals surface area contributed by atoms with Crippen molar-refractivity contribution in [1.82, 2.24) is 0 Å². The summed E-state index contributed by atoms with van der Waals surface area (Å²) in [6.07, 6.45) is 3.35. The molecular weight excluding hydrogens is 416 g/mol. The minimum atomic E-state index is 0.350. The van der Waals surface area contributed by atoms with E-state index in [2.05, 4.69) is 70.0 Å². The lowest BCUT2D eigenvalue weighted by molar-refractivity contribution is 0.481. The van der Waals surface area contributed by atoms with Crippen LogP contribution in [0.25, 0.3) is 0 Å². The van der Waals surface area contributed by atoms with Crippen molar-refractivity contribution >= 4 is 31.9 Å². The van der Waals surface area contributed by atoms with E-state index in [1.165, 1.54) is 5.56 Å². The van der Waals surface area contributed by atoms with E-state index in [-0.39, 0.29) is 0 Å². The summed E-state index contributed by atoms with van der Waals surface area (Å²) in [5.41, 5.74) is 1.68. The lowest BCUT2D eigenvalue weighted by Crippen LogP contribution is -1.95. The zero-order valence-corrected chi connectivity index (χ0v) is 16.5. The highest BCUT2D eigenvalue weighted by Gasteiger charge is 2.55. The summed E-state index contributed by atoms with van der Waals surface area (Å²) in [6.45, 7) is 4.68. The van der Waals surface area contributed by atoms with Crippen LogP contribution in [-0.2, 0) is 6.42 Å². The Morgan fingerprint density at radius 2 is 1.74 bits per heavy atom. The van der Waals surface area contributed by atoms with Crippen LogP contribution in [0.5, 0.6) is 11.5 Å². The fourth-order valence-corrected chi connectivity index (χ4v) is 3.83. The van der Waals surface area contributed by atoms with Crippen LogP contribution in [0.4, 0.5) is 0 Å². The van der Waals surface area contributed by atoms with Crippen molar-refractivity contribution in [1.29, 1.82) is 0 Å². The van der Waals surface area contributed by atoms with Crippen molar-refractivity contribution < 1.29 is 4.74 Å². The molecule has 0 N–H and O–H groups in total. The Balaban J connectivity index is 1.70. The summed E-state index contributed by atoms with van der Waals surface area (Å²) in [5, 5.41) is 0. The van der Waals surface area contributed by atoms with Crippen molar-refractivity contribution in [2.45, 2.75) is 20.3 Å². The smallest absolute Gasteiger partial charge is 0.127 e. The van der Waals surface area contributed by atoms with Gasteiger partial charge in [-0.2, -0.15) is 0 Å². The van der Waals surface area contributed by atoms with Crippen LogP contribution >= 0.6 is 31.9 Å². The van der Waals surface area contributed by atoms with Gasteiger partial charge in [-0.05, 0) is 85.4 Å². The van der Waals surface area contributed by atoms with Crippen LogP contribution in [-0.4, -0.2) is 0 Å². The Kier molecular flexibility index (Phi) is 4.98. The molecule has 0 saturated heterocycles. The molecule has 3 heteroatoms. The molecule has 2 atom stereocenters. The first-order valence-electron chi connectivity index (χ1n) is 7.81. The predicted molar refractivity (Wildman–Crippen MR) is 103 cm³/mol. The Labute approximate surface area is 155 Å². The van der Waals surface area contributed by atoms with Gasteiger partial charge < -0.3 is 4.74 Å². The molecule has 0 unspecified atom stereocenters. The summed E-state index contributed by atoms with van der Waals surface area (Å²) >= 11 is 6.97. The molecule has 0 amide bonds. The molecule has 1 nitrogen and oxygen atoms in total. The highest BCUT2D eigenvalue weighted by Crippen LogP contribution is 2.61. The summed E-state index contributed by atoms with van der Waals surface area (Å²) < 4.78 is 6.99. The van der Waals surface area contributed by atoms with Gasteiger partial charge in [0.25, 0.3) is 0 Å². The third-order valence-electron chi connectivity index (χ3n) is 4.78. The topological polar surface area (TPSA) is 9.23 Å². The van der Waals surface area contributed by atoms with Crippen molar-refractivity contribution in [3.8, 4) is 11.5 Å². The van der Waals surface area contributed by atoms with Gasteiger partial charge in [-0.15, -0.1) is 0 Å². The third kappa shape index (κ3) is 4.07. The van der Waals surface area contributed by atoms with Crippen LogP contribution in [0.2, 0.25) is 0 Å². The van der Waals surface area contributed by atoms with Gasteiger partial charge in [0.15, 0.2) is 0 Å². The van der Waals surface area contributed by atoms with E-state index in [4.69, 9.17) is 4.74 Å². The summed E-state index contributed by atoms with van der Waals surface area (Å²) in [5.74, 6) is 3.05. The Morgan fingerprint density at radius 1 is 1.04 bits per heavy atom. The van der Waals surface area contributed by atoms with Crippen LogP contribution in [0.3, 0.4) is 0 Å². The van der Waals surface area contributed by atoms with Crippen LogP contribution in [0.15, 0.2) is 64.1 Å². The average Bonchev–Trinajstić information content (AvgIpc) is 3.00. The number of rotatable bonds is 5. The number of halogens is 2. The van der Waals surface area contributed by atoms with Gasteiger partial charge in [0.2, 0.25) is 0 Å². The normalized spacial score (nSPS) is 21.6. The van der Waals surface area contributed by atoms with Crippen molar-refractivity contribution in [2.24, 2.45) is 17.3 Å². The van der Waals surface area contributed by atoms with Crippen LogP contribution in [0.1, 0.15) is 19.4 Å². The number of hydrogen-bond acceptors (Lipinski definition) is 1. The van der Waals surface area contributed by atoms with Gasteiger partial charge in [-0.3, -0.25) is 0 Å². The highest BCUT2D eigenvalue weighted by atomic mass is 79.9. The number of benzene rings is 2. The second kappa shape index (κ2) is 6.82. The maximum Gasteiger partial charge on any atom is 0.127 e. The molecule has 1 saturated carbocycles. The Bertz CT molecular complexity index is 703. The van der Waals surface area contributed by atoms with Crippen molar-refractivity contribution in [2.75, 3.05) is 0 Å². The standard InChI is InChI=1S/C20H20Br2O/c1-20(2)17(18(20)13-19(21)22)12-14-7-6-10-16(11-14)23-15-8-4-3-5-9-15/h3-11,13,17-18H,12H2,1-2H3/t17-,18+/m1/s1. The van der Waals surface area contributed by atoms with E-state index in [0.29, 0.717) is 17.3 Å². The zero-order valence-electron chi connectivity index (χ0n) is 13.3. The van der Waals surface area contributed by atoms with E-state index in [1.54, 1.807) is 0 Å². The zero-order chi connectivity index (χ0) is 16.4. The van der Waals surface area contributed by atoms with E-state index in [0.717, 1.165) is 21.3 Å². The monoisotopic (exact) mass is 434 g/mol. The molecule has 0 aromatic heterocycles. The molecule has 0 heterocycles. The minimum Gasteiger partial charge on any atom is -0.457 e. The highest BCUT2D eigenvalue weighted by molar-refractivity contribution is 9.28. The predicted octanol–water partition coefficient (Wildman–Crippen LogP) is 6.92. The molecule has 1 aliphatic rings. The number of hydrogen-bond donors (Lipinski definition) is 0. The molecule has 0 bridgehead atoms. The summed E-state index contributed by atoms with van der Waals surface area (Å²) in [7, 11) is 0. The van der Waals surface area contributed by atoms with Crippen molar-refractivity contribution in [3.63, 3.8) is 0 Å². The maximum atomic E-state index is 5.94. The second-order valence-corrected chi connectivity index (χ2v) is 9.45. The first-order valence-corrected chi connectivity index (χ1v) is 9.40. The molecule has 1 fully saturated rings. The lowest BCUT2D eigenvalue weighted by Gasteiger charge is -2.08. The maximum absolute atomic E-state index is 5.94. The van der Waals surface area contributed by atoms with Gasteiger partial charge in [-0.1, -0.05) is 50.3 Å². The molecule has 0 spiro atoms. The van der Waals surface area contributed by atoms with Crippen LogP contribution in [0, 0.1) is 17.3 Å². The average molecular weight is 436 g/mol. The fraction of sp³-hybridized carbons (Fsp3) is 0.300. The van der Waals surface area contributed by atoms with Gasteiger partial charge >= 0.3 is 0 Å². The van der Waals surface area contributed by atoms with Gasteiger partial charge in [0, 0.05) is 0 Å². The largest absolute Gasteiger partial charge is 0.457 e. The molecule has 3 rings (SSSR count). The quantitative estimate of drug-likeness (QED) is 0.494. The first-order chi connectivity index (χ1) is 11.0. The van der Waals surface area contributed by atoms with Crippen molar-refractivity contribution in [3.05, 3.63) is 69.6 Å². The summed E-state index contributed by atoms with van der Waals surface area (Å²) in [6, 6.07) is 18.4. The minimum absolute atomic E-state index is 0.350. The number of ether oxygens (including phenoxy) is 1. The van der Waals surface area contributed by atoms with Gasteiger partial charge in [-0.25, -0.2) is 0 Å². The second-order valence-electron chi connectivity index (χ2n) is 6.68. The van der Waals surface area contributed by atoms with Gasteiger partial charge in [0.05, 0.1) is 3.39 Å². The molecule has 0 radical (unpaired) electrons. The fourth-order valence-electron chi connectivity index (χ4n) is 3.26. The van der Waals surface area contributed by atoms with E-state index >= 15 is 0 Å². The lowest BCUT2D eigenvalue weighted by atomic mass is 10.0. The molecular formula is C20H20Br2O. The molecule has 1 aliphatic carbocycles. The third-order valence-corrected chi connectivity index (χ3v) is 5.31. The van der Waals surface area contributed by atoms with E-state index in [9.17, 15) is 0 Å². The van der Waals surface area contributed by atoms with Gasteiger partial charge in [0.1, 0.15) is 11.5 Å². The molecule has 2 aromatic rings. The number of para-hydroxylation sites is 1. The SMILES string of the molecule is CC1(C)[C@H](Cc2cccc(Oc3ccccc3)c2)[C@@H]1C=C(Br)Br. The van der Waals surface area contributed by atoms with E-state index in [1.807, 2.05) is 36.4 Å². The molecule has 0 aliphatic heterocycles. The number of allylic oxidation sites excluding steroid dienone is 1.